The summed E-state index contributed by atoms with van der Waals surface area (Å²) in [4.78, 5) is 22.5. The lowest BCUT2D eigenvalue weighted by atomic mass is 9.98. The molecule has 1 amide bonds. The first kappa shape index (κ1) is 12.0. The van der Waals surface area contributed by atoms with Crippen LogP contribution in [-0.4, -0.2) is 33.9 Å². The van der Waals surface area contributed by atoms with Crippen molar-refractivity contribution in [2.75, 3.05) is 13.1 Å². The number of hydrogen-bond donors (Lipinski definition) is 0. The molecule has 92 valence electrons. The second kappa shape index (κ2) is 4.82. The van der Waals surface area contributed by atoms with E-state index in [0.29, 0.717) is 5.56 Å². The highest BCUT2D eigenvalue weighted by molar-refractivity contribution is 5.96. The van der Waals surface area contributed by atoms with Crippen LogP contribution in [0.5, 0.6) is 0 Å². The Kier molecular flexibility index (Phi) is 3.41. The van der Waals surface area contributed by atoms with Gasteiger partial charge in [-0.05, 0) is 32.6 Å². The first-order valence-electron chi connectivity index (χ1n) is 6.17. The number of carbonyl (C=O) groups is 1. The van der Waals surface area contributed by atoms with Gasteiger partial charge in [0.1, 0.15) is 6.33 Å². The molecule has 17 heavy (non-hydrogen) atoms. The van der Waals surface area contributed by atoms with Gasteiger partial charge in [-0.15, -0.1) is 0 Å². The first-order valence-corrected chi connectivity index (χ1v) is 6.17. The van der Waals surface area contributed by atoms with Crippen LogP contribution in [0, 0.1) is 19.8 Å². The zero-order valence-corrected chi connectivity index (χ0v) is 10.7. The van der Waals surface area contributed by atoms with Crippen molar-refractivity contribution >= 4 is 5.91 Å². The maximum absolute atomic E-state index is 12.4. The summed E-state index contributed by atoms with van der Waals surface area (Å²) in [6, 6.07) is 0. The van der Waals surface area contributed by atoms with Gasteiger partial charge < -0.3 is 4.90 Å². The maximum Gasteiger partial charge on any atom is 0.257 e. The highest BCUT2D eigenvalue weighted by Crippen LogP contribution is 2.19. The Hall–Kier alpha value is -1.45. The van der Waals surface area contributed by atoms with Crippen molar-refractivity contribution in [2.45, 2.75) is 33.6 Å². The normalized spacial score (nSPS) is 17.2. The molecule has 0 atom stereocenters. The van der Waals surface area contributed by atoms with Crippen molar-refractivity contribution in [2.24, 2.45) is 5.92 Å². The zero-order valence-electron chi connectivity index (χ0n) is 10.7. The molecule has 0 N–H and O–H groups in total. The van der Waals surface area contributed by atoms with E-state index in [1.807, 2.05) is 18.7 Å². The molecule has 0 bridgehead atoms. The lowest BCUT2D eigenvalue weighted by Gasteiger charge is -2.30. The second-order valence-corrected chi connectivity index (χ2v) is 4.89. The van der Waals surface area contributed by atoms with Gasteiger partial charge in [0.15, 0.2) is 0 Å². The summed E-state index contributed by atoms with van der Waals surface area (Å²) in [5.74, 6) is 0.820. The molecule has 2 heterocycles. The van der Waals surface area contributed by atoms with Crippen molar-refractivity contribution in [1.29, 1.82) is 0 Å². The van der Waals surface area contributed by atoms with Crippen molar-refractivity contribution in [1.82, 2.24) is 14.9 Å². The standard InChI is InChI=1S/C13H19N3O/c1-9-4-6-16(7-5-9)13(17)12-10(2)14-8-15-11(12)3/h8-9H,4-7H2,1-3H3. The summed E-state index contributed by atoms with van der Waals surface area (Å²) in [5.41, 5.74) is 2.24. The fourth-order valence-corrected chi connectivity index (χ4v) is 2.27. The quantitative estimate of drug-likeness (QED) is 0.745. The maximum atomic E-state index is 12.4. The Labute approximate surface area is 102 Å². The van der Waals surface area contributed by atoms with E-state index >= 15 is 0 Å². The molecular weight excluding hydrogens is 214 g/mol. The monoisotopic (exact) mass is 233 g/mol. The summed E-state index contributed by atoms with van der Waals surface area (Å²) in [7, 11) is 0. The number of rotatable bonds is 1. The van der Waals surface area contributed by atoms with E-state index in [1.165, 1.54) is 6.33 Å². The van der Waals surface area contributed by atoms with Crippen molar-refractivity contribution in [3.8, 4) is 0 Å². The SMILES string of the molecule is Cc1ncnc(C)c1C(=O)N1CCC(C)CC1. The van der Waals surface area contributed by atoms with Crippen molar-refractivity contribution in [3.05, 3.63) is 23.3 Å². The Bertz CT molecular complexity index is 402. The second-order valence-electron chi connectivity index (χ2n) is 4.89. The van der Waals surface area contributed by atoms with Crippen LogP contribution in [0.4, 0.5) is 0 Å². The van der Waals surface area contributed by atoms with Crippen LogP contribution in [0.3, 0.4) is 0 Å². The highest BCUT2D eigenvalue weighted by Gasteiger charge is 2.24. The fourth-order valence-electron chi connectivity index (χ4n) is 2.27. The van der Waals surface area contributed by atoms with E-state index in [2.05, 4.69) is 16.9 Å². The molecule has 4 heteroatoms. The Balaban J connectivity index is 2.20. The molecule has 2 rings (SSSR count). The van der Waals surface area contributed by atoms with Gasteiger partial charge in [-0.25, -0.2) is 9.97 Å². The van der Waals surface area contributed by atoms with E-state index in [4.69, 9.17) is 0 Å². The number of piperidine rings is 1. The molecule has 1 aromatic rings. The van der Waals surface area contributed by atoms with E-state index in [9.17, 15) is 4.79 Å². The molecule has 0 aliphatic carbocycles. The molecule has 1 saturated heterocycles. The number of aromatic nitrogens is 2. The number of likely N-dealkylation sites (tertiary alicyclic amines) is 1. The van der Waals surface area contributed by atoms with Gasteiger partial charge in [-0.3, -0.25) is 4.79 Å². The van der Waals surface area contributed by atoms with E-state index in [0.717, 1.165) is 43.2 Å². The molecule has 0 saturated carbocycles. The third-order valence-corrected chi connectivity index (χ3v) is 3.51. The fraction of sp³-hybridized carbons (Fsp3) is 0.615. The van der Waals surface area contributed by atoms with Crippen LogP contribution >= 0.6 is 0 Å². The van der Waals surface area contributed by atoms with Gasteiger partial charge >= 0.3 is 0 Å². The average Bonchev–Trinajstić information content (AvgIpc) is 2.29. The van der Waals surface area contributed by atoms with Gasteiger partial charge in [0.25, 0.3) is 5.91 Å². The van der Waals surface area contributed by atoms with Crippen LogP contribution in [0.25, 0.3) is 0 Å². The molecule has 1 fully saturated rings. The molecular formula is C13H19N3O. The van der Waals surface area contributed by atoms with Crippen LogP contribution < -0.4 is 0 Å². The minimum absolute atomic E-state index is 0.0903. The Morgan fingerprint density at radius 3 is 2.29 bits per heavy atom. The number of aryl methyl sites for hydroxylation is 2. The molecule has 1 aliphatic rings. The summed E-state index contributed by atoms with van der Waals surface area (Å²) < 4.78 is 0. The average molecular weight is 233 g/mol. The molecule has 4 nitrogen and oxygen atoms in total. The molecule has 0 aromatic carbocycles. The van der Waals surface area contributed by atoms with Gasteiger partial charge in [-0.1, -0.05) is 6.92 Å². The summed E-state index contributed by atoms with van der Waals surface area (Å²) >= 11 is 0. The minimum atomic E-state index is 0.0903. The Morgan fingerprint density at radius 1 is 1.24 bits per heavy atom. The van der Waals surface area contributed by atoms with Gasteiger partial charge in [-0.2, -0.15) is 0 Å². The van der Waals surface area contributed by atoms with Gasteiger partial charge in [0, 0.05) is 13.1 Å². The van der Waals surface area contributed by atoms with Crippen LogP contribution in [0.15, 0.2) is 6.33 Å². The van der Waals surface area contributed by atoms with E-state index < -0.39 is 0 Å². The lowest BCUT2D eigenvalue weighted by Crippen LogP contribution is -2.38. The predicted octanol–water partition coefficient (Wildman–Crippen LogP) is 1.97. The molecule has 1 aromatic heterocycles. The zero-order chi connectivity index (χ0) is 12.4. The van der Waals surface area contributed by atoms with E-state index in [1.54, 1.807) is 0 Å². The van der Waals surface area contributed by atoms with Crippen LogP contribution in [0.2, 0.25) is 0 Å². The molecule has 0 spiro atoms. The van der Waals surface area contributed by atoms with Gasteiger partial charge in [0.2, 0.25) is 0 Å². The highest BCUT2D eigenvalue weighted by atomic mass is 16.2. The predicted molar refractivity (Wildman–Crippen MR) is 65.8 cm³/mol. The minimum Gasteiger partial charge on any atom is -0.339 e. The Morgan fingerprint density at radius 2 is 1.76 bits per heavy atom. The van der Waals surface area contributed by atoms with Gasteiger partial charge in [0.05, 0.1) is 17.0 Å². The smallest absolute Gasteiger partial charge is 0.257 e. The third kappa shape index (κ3) is 2.46. The first-order chi connectivity index (χ1) is 8.09. The lowest BCUT2D eigenvalue weighted by molar-refractivity contribution is 0.0694. The molecule has 1 aliphatic heterocycles. The summed E-state index contributed by atoms with van der Waals surface area (Å²) in [6.45, 7) is 7.69. The van der Waals surface area contributed by atoms with E-state index in [-0.39, 0.29) is 5.91 Å². The van der Waals surface area contributed by atoms with Crippen molar-refractivity contribution in [3.63, 3.8) is 0 Å². The van der Waals surface area contributed by atoms with Crippen molar-refractivity contribution < 1.29 is 4.79 Å². The topological polar surface area (TPSA) is 46.1 Å². The number of amides is 1. The summed E-state index contributed by atoms with van der Waals surface area (Å²) in [6.07, 6.45) is 3.70. The largest absolute Gasteiger partial charge is 0.339 e. The van der Waals surface area contributed by atoms with Crippen LogP contribution in [0.1, 0.15) is 41.5 Å². The number of hydrogen-bond acceptors (Lipinski definition) is 3. The van der Waals surface area contributed by atoms with Crippen LogP contribution in [-0.2, 0) is 0 Å². The number of nitrogens with zero attached hydrogens (tertiary/aromatic N) is 3. The molecule has 0 unspecified atom stereocenters. The third-order valence-electron chi connectivity index (χ3n) is 3.51. The number of carbonyl (C=O) groups excluding carboxylic acids is 1. The summed E-state index contributed by atoms with van der Waals surface area (Å²) in [5, 5.41) is 0. The molecule has 0 radical (unpaired) electrons.